The fourth-order valence-corrected chi connectivity index (χ4v) is 4.07. The van der Waals surface area contributed by atoms with Gasteiger partial charge in [0.1, 0.15) is 0 Å². The lowest BCUT2D eigenvalue weighted by molar-refractivity contribution is -0.128. The lowest BCUT2D eigenvalue weighted by Crippen LogP contribution is -2.56. The first-order chi connectivity index (χ1) is 8.91. The van der Waals surface area contributed by atoms with E-state index >= 15 is 0 Å². The fourth-order valence-electron chi connectivity index (χ4n) is 2.14. The van der Waals surface area contributed by atoms with Crippen LogP contribution in [0.25, 0.3) is 0 Å². The summed E-state index contributed by atoms with van der Waals surface area (Å²) in [6, 6.07) is 0. The summed E-state index contributed by atoms with van der Waals surface area (Å²) in [6.45, 7) is 2.31. The highest BCUT2D eigenvalue weighted by Gasteiger charge is 2.46. The van der Waals surface area contributed by atoms with Crippen molar-refractivity contribution in [3.05, 3.63) is 0 Å². The summed E-state index contributed by atoms with van der Waals surface area (Å²) in [7, 11) is 0.904. The molecular formula is C12H23N3O3S. The summed E-state index contributed by atoms with van der Waals surface area (Å²) in [6.07, 6.45) is 2.47. The number of sulfonamides is 1. The average Bonchev–Trinajstić information content (AvgIpc) is 3.05. The third-order valence-electron chi connectivity index (χ3n) is 3.61. The maximum atomic E-state index is 11.9. The van der Waals surface area contributed by atoms with Gasteiger partial charge in [0.25, 0.3) is 0 Å². The molecule has 6 nitrogen and oxygen atoms in total. The highest BCUT2D eigenvalue weighted by atomic mass is 32.2. The minimum atomic E-state index is -3.09. The van der Waals surface area contributed by atoms with E-state index in [1.165, 1.54) is 4.31 Å². The zero-order valence-corrected chi connectivity index (χ0v) is 12.4. The van der Waals surface area contributed by atoms with Crippen LogP contribution in [0.5, 0.6) is 0 Å². The quantitative estimate of drug-likeness (QED) is 0.640. The smallest absolute Gasteiger partial charge is 0.225 e. The molecule has 0 aromatic rings. The van der Waals surface area contributed by atoms with Crippen molar-refractivity contribution >= 4 is 15.9 Å². The summed E-state index contributed by atoms with van der Waals surface area (Å²) >= 11 is 0. The van der Waals surface area contributed by atoms with Crippen LogP contribution in [0.2, 0.25) is 0 Å². The molecule has 7 heteroatoms. The molecule has 0 radical (unpaired) electrons. The van der Waals surface area contributed by atoms with Gasteiger partial charge in [-0.2, -0.15) is 4.31 Å². The Bertz CT molecular complexity index is 426. The van der Waals surface area contributed by atoms with E-state index in [0.717, 1.165) is 25.8 Å². The van der Waals surface area contributed by atoms with E-state index < -0.39 is 10.0 Å². The van der Waals surface area contributed by atoms with Gasteiger partial charge in [-0.3, -0.25) is 4.79 Å². The zero-order valence-electron chi connectivity index (χ0n) is 11.6. The Kier molecular flexibility index (Phi) is 4.47. The van der Waals surface area contributed by atoms with Gasteiger partial charge >= 0.3 is 0 Å². The fraction of sp³-hybridized carbons (Fsp3) is 0.917. The van der Waals surface area contributed by atoms with Crippen LogP contribution in [-0.4, -0.2) is 69.1 Å². The van der Waals surface area contributed by atoms with Crippen LogP contribution in [0.4, 0.5) is 0 Å². The van der Waals surface area contributed by atoms with Crippen LogP contribution in [0.1, 0.15) is 19.3 Å². The molecule has 1 amide bonds. The normalized spacial score (nSPS) is 21.4. The predicted octanol–water partition coefficient (Wildman–Crippen LogP) is -0.522. The molecule has 110 valence electrons. The molecule has 1 saturated carbocycles. The van der Waals surface area contributed by atoms with Crippen molar-refractivity contribution in [1.29, 1.82) is 0 Å². The summed E-state index contributed by atoms with van der Waals surface area (Å²) in [5, 5.41) is 2.70. The number of nitrogens with zero attached hydrogens (tertiary/aromatic N) is 2. The number of amides is 1. The average molecular weight is 289 g/mol. The zero-order chi connectivity index (χ0) is 14.0. The molecule has 0 aromatic heterocycles. The largest absolute Gasteiger partial charge is 0.356 e. The van der Waals surface area contributed by atoms with Crippen molar-refractivity contribution < 1.29 is 13.2 Å². The van der Waals surface area contributed by atoms with Gasteiger partial charge in [-0.05, 0) is 39.9 Å². The molecule has 0 aromatic carbocycles. The standard InChI is InChI=1S/C12H23N3O3S/c1-14(2)7-3-6-13-12(16)10-8-15(9-10)19(17,18)11-4-5-11/h10-11H,3-9H2,1-2H3,(H,13,16). The number of nitrogens with one attached hydrogen (secondary N) is 1. The Hall–Kier alpha value is -0.660. The summed E-state index contributed by atoms with van der Waals surface area (Å²) in [5.41, 5.74) is 0. The molecule has 0 bridgehead atoms. The van der Waals surface area contributed by atoms with E-state index in [1.54, 1.807) is 0 Å². The molecule has 1 heterocycles. The second-order valence-corrected chi connectivity index (χ2v) is 7.92. The van der Waals surface area contributed by atoms with E-state index in [2.05, 4.69) is 10.2 Å². The van der Waals surface area contributed by atoms with Crippen LogP contribution < -0.4 is 5.32 Å². The van der Waals surface area contributed by atoms with Crippen molar-refractivity contribution in [3.8, 4) is 0 Å². The monoisotopic (exact) mass is 289 g/mol. The van der Waals surface area contributed by atoms with Crippen LogP contribution >= 0.6 is 0 Å². The maximum absolute atomic E-state index is 11.9. The van der Waals surface area contributed by atoms with Crippen molar-refractivity contribution in [2.24, 2.45) is 5.92 Å². The third kappa shape index (κ3) is 3.67. The number of hydrogen-bond donors (Lipinski definition) is 1. The lowest BCUT2D eigenvalue weighted by Gasteiger charge is -2.37. The van der Waals surface area contributed by atoms with Gasteiger partial charge in [0.15, 0.2) is 0 Å². The Morgan fingerprint density at radius 1 is 1.32 bits per heavy atom. The Balaban J connectivity index is 1.64. The molecule has 1 aliphatic heterocycles. The van der Waals surface area contributed by atoms with Gasteiger partial charge in [0.2, 0.25) is 15.9 Å². The van der Waals surface area contributed by atoms with E-state index in [0.29, 0.717) is 19.6 Å². The molecule has 1 saturated heterocycles. The third-order valence-corrected chi connectivity index (χ3v) is 5.94. The molecule has 2 fully saturated rings. The predicted molar refractivity (Wildman–Crippen MR) is 73.2 cm³/mol. The first kappa shape index (κ1) is 14.7. The van der Waals surface area contributed by atoms with Crippen molar-refractivity contribution in [2.75, 3.05) is 40.3 Å². The first-order valence-electron chi connectivity index (χ1n) is 6.82. The van der Waals surface area contributed by atoms with Crippen molar-refractivity contribution in [3.63, 3.8) is 0 Å². The van der Waals surface area contributed by atoms with Crippen LogP contribution in [0, 0.1) is 5.92 Å². The molecule has 2 aliphatic rings. The minimum Gasteiger partial charge on any atom is -0.356 e. The van der Waals surface area contributed by atoms with Gasteiger partial charge in [-0.1, -0.05) is 0 Å². The highest BCUT2D eigenvalue weighted by Crippen LogP contribution is 2.34. The number of carbonyl (C=O) groups is 1. The van der Waals surface area contributed by atoms with Gasteiger partial charge in [-0.15, -0.1) is 0 Å². The second kappa shape index (κ2) is 5.76. The molecule has 2 rings (SSSR count). The maximum Gasteiger partial charge on any atom is 0.225 e. The lowest BCUT2D eigenvalue weighted by atomic mass is 10.0. The first-order valence-corrected chi connectivity index (χ1v) is 8.33. The second-order valence-electron chi connectivity index (χ2n) is 5.71. The van der Waals surface area contributed by atoms with Crippen LogP contribution in [0.3, 0.4) is 0 Å². The molecule has 0 unspecified atom stereocenters. The Morgan fingerprint density at radius 2 is 1.95 bits per heavy atom. The van der Waals surface area contributed by atoms with Crippen molar-refractivity contribution in [2.45, 2.75) is 24.5 Å². The molecule has 1 N–H and O–H groups in total. The SMILES string of the molecule is CN(C)CCCNC(=O)C1CN(S(=O)(=O)C2CC2)C1. The summed E-state index contributed by atoms with van der Waals surface area (Å²) in [4.78, 5) is 13.9. The van der Waals surface area contributed by atoms with Gasteiger partial charge < -0.3 is 10.2 Å². The molecule has 0 spiro atoms. The number of hydrogen-bond acceptors (Lipinski definition) is 4. The molecule has 19 heavy (non-hydrogen) atoms. The van der Waals surface area contributed by atoms with E-state index in [4.69, 9.17) is 0 Å². The minimum absolute atomic E-state index is 0.0130. The van der Waals surface area contributed by atoms with Crippen LogP contribution in [0.15, 0.2) is 0 Å². The van der Waals surface area contributed by atoms with E-state index in [-0.39, 0.29) is 17.1 Å². The van der Waals surface area contributed by atoms with Gasteiger partial charge in [0.05, 0.1) is 11.2 Å². The van der Waals surface area contributed by atoms with E-state index in [9.17, 15) is 13.2 Å². The van der Waals surface area contributed by atoms with Crippen LogP contribution in [-0.2, 0) is 14.8 Å². The topological polar surface area (TPSA) is 69.7 Å². The summed E-state index contributed by atoms with van der Waals surface area (Å²) in [5.74, 6) is -0.172. The molecule has 1 aliphatic carbocycles. The van der Waals surface area contributed by atoms with Crippen molar-refractivity contribution in [1.82, 2.24) is 14.5 Å². The number of carbonyl (C=O) groups excluding carboxylic acids is 1. The van der Waals surface area contributed by atoms with E-state index in [1.807, 2.05) is 14.1 Å². The van der Waals surface area contributed by atoms with Gasteiger partial charge in [0, 0.05) is 19.6 Å². The molecular weight excluding hydrogens is 266 g/mol. The summed E-state index contributed by atoms with van der Waals surface area (Å²) < 4.78 is 25.2. The number of rotatable bonds is 7. The molecule has 0 atom stereocenters. The Morgan fingerprint density at radius 3 is 2.47 bits per heavy atom. The Labute approximate surface area is 115 Å². The van der Waals surface area contributed by atoms with Gasteiger partial charge in [-0.25, -0.2) is 8.42 Å². The highest BCUT2D eigenvalue weighted by molar-refractivity contribution is 7.90.